The summed E-state index contributed by atoms with van der Waals surface area (Å²) in [6, 6.07) is 7.36. The maximum absolute atomic E-state index is 12.0. The van der Waals surface area contributed by atoms with Crippen LogP contribution >= 0.6 is 22.9 Å². The standard InChI is InChI=1S/C14H15ClN2O2S/c1-8(18)7-16-13(19)12-9(2)17-14(20-12)10-4-3-5-11(15)6-10/h3-6,8,18H,7H2,1-2H3,(H,16,19). The molecule has 4 nitrogen and oxygen atoms in total. The molecule has 1 aromatic carbocycles. The summed E-state index contributed by atoms with van der Waals surface area (Å²) in [7, 11) is 0. The van der Waals surface area contributed by atoms with Gasteiger partial charge in [0.1, 0.15) is 9.88 Å². The Bertz CT molecular complexity index is 625. The Labute approximate surface area is 126 Å². The third-order valence-corrected chi connectivity index (χ3v) is 4.07. The minimum absolute atomic E-state index is 0.214. The first-order chi connectivity index (χ1) is 9.47. The number of aryl methyl sites for hydroxylation is 1. The van der Waals surface area contributed by atoms with Crippen LogP contribution in [0.15, 0.2) is 24.3 Å². The number of thiazole rings is 1. The van der Waals surface area contributed by atoms with Crippen molar-refractivity contribution in [3.05, 3.63) is 39.9 Å². The first-order valence-corrected chi connectivity index (χ1v) is 7.36. The van der Waals surface area contributed by atoms with Crippen molar-refractivity contribution in [3.8, 4) is 10.6 Å². The largest absolute Gasteiger partial charge is 0.392 e. The zero-order valence-electron chi connectivity index (χ0n) is 11.2. The van der Waals surface area contributed by atoms with Gasteiger partial charge in [-0.15, -0.1) is 11.3 Å². The highest BCUT2D eigenvalue weighted by Gasteiger charge is 2.16. The molecule has 2 aromatic rings. The van der Waals surface area contributed by atoms with Crippen molar-refractivity contribution in [1.29, 1.82) is 0 Å². The highest BCUT2D eigenvalue weighted by molar-refractivity contribution is 7.17. The van der Waals surface area contributed by atoms with Gasteiger partial charge in [-0.25, -0.2) is 4.98 Å². The third-order valence-electron chi connectivity index (χ3n) is 2.63. The highest BCUT2D eigenvalue weighted by atomic mass is 35.5. The Morgan fingerprint density at radius 2 is 2.30 bits per heavy atom. The van der Waals surface area contributed by atoms with Crippen molar-refractivity contribution >= 4 is 28.8 Å². The molecule has 1 heterocycles. The van der Waals surface area contributed by atoms with Gasteiger partial charge in [0.2, 0.25) is 0 Å². The molecule has 2 rings (SSSR count). The van der Waals surface area contributed by atoms with Crippen LogP contribution in [0.4, 0.5) is 0 Å². The Morgan fingerprint density at radius 1 is 1.55 bits per heavy atom. The fourth-order valence-corrected chi connectivity index (χ4v) is 2.84. The zero-order chi connectivity index (χ0) is 14.7. The summed E-state index contributed by atoms with van der Waals surface area (Å²) in [6.07, 6.45) is -0.570. The second-order valence-electron chi connectivity index (χ2n) is 4.50. The summed E-state index contributed by atoms with van der Waals surface area (Å²) in [5.74, 6) is -0.214. The van der Waals surface area contributed by atoms with Gasteiger partial charge in [-0.3, -0.25) is 4.79 Å². The molecule has 0 aliphatic rings. The fourth-order valence-electron chi connectivity index (χ4n) is 1.67. The maximum Gasteiger partial charge on any atom is 0.263 e. The SMILES string of the molecule is Cc1nc(-c2cccc(Cl)c2)sc1C(=O)NCC(C)O. The molecule has 0 fully saturated rings. The lowest BCUT2D eigenvalue weighted by Crippen LogP contribution is -2.30. The van der Waals surface area contributed by atoms with E-state index in [0.29, 0.717) is 15.6 Å². The molecule has 1 amide bonds. The summed E-state index contributed by atoms with van der Waals surface area (Å²) in [4.78, 5) is 17.0. The number of amides is 1. The van der Waals surface area contributed by atoms with Crippen LogP contribution in [0.5, 0.6) is 0 Å². The van der Waals surface area contributed by atoms with Crippen LogP contribution in [-0.2, 0) is 0 Å². The second kappa shape index (κ2) is 6.35. The van der Waals surface area contributed by atoms with Crippen LogP contribution in [0.25, 0.3) is 10.6 Å². The molecule has 0 bridgehead atoms. The van der Waals surface area contributed by atoms with Gasteiger partial charge in [0.25, 0.3) is 5.91 Å². The Morgan fingerprint density at radius 3 is 2.95 bits per heavy atom. The summed E-state index contributed by atoms with van der Waals surface area (Å²) < 4.78 is 0. The van der Waals surface area contributed by atoms with Crippen molar-refractivity contribution in [2.75, 3.05) is 6.54 Å². The first kappa shape index (κ1) is 15.0. The second-order valence-corrected chi connectivity index (χ2v) is 5.94. The molecule has 0 aliphatic carbocycles. The molecule has 1 atom stereocenters. The predicted molar refractivity (Wildman–Crippen MR) is 81.3 cm³/mol. The molecular weight excluding hydrogens is 296 g/mol. The van der Waals surface area contributed by atoms with Crippen molar-refractivity contribution in [1.82, 2.24) is 10.3 Å². The van der Waals surface area contributed by atoms with Crippen LogP contribution in [0.1, 0.15) is 22.3 Å². The molecule has 1 aromatic heterocycles. The summed E-state index contributed by atoms with van der Waals surface area (Å²) in [5, 5.41) is 13.3. The van der Waals surface area contributed by atoms with Crippen LogP contribution < -0.4 is 5.32 Å². The highest BCUT2D eigenvalue weighted by Crippen LogP contribution is 2.29. The van der Waals surface area contributed by atoms with Crippen molar-refractivity contribution in [3.63, 3.8) is 0 Å². The van der Waals surface area contributed by atoms with Gasteiger partial charge < -0.3 is 10.4 Å². The van der Waals surface area contributed by atoms with E-state index in [9.17, 15) is 9.90 Å². The van der Waals surface area contributed by atoms with E-state index in [1.807, 2.05) is 18.2 Å². The summed E-state index contributed by atoms with van der Waals surface area (Å²) in [6.45, 7) is 3.64. The topological polar surface area (TPSA) is 62.2 Å². The average molecular weight is 311 g/mol. The molecule has 0 saturated carbocycles. The Balaban J connectivity index is 2.23. The van der Waals surface area contributed by atoms with Gasteiger partial charge in [-0.05, 0) is 26.0 Å². The molecule has 2 N–H and O–H groups in total. The predicted octanol–water partition coefficient (Wildman–Crippen LogP) is 2.88. The number of aromatic nitrogens is 1. The van der Waals surface area contributed by atoms with E-state index in [2.05, 4.69) is 10.3 Å². The molecule has 0 aliphatic heterocycles. The fraction of sp³-hybridized carbons (Fsp3) is 0.286. The van der Waals surface area contributed by atoms with E-state index in [0.717, 1.165) is 10.6 Å². The van der Waals surface area contributed by atoms with Crippen molar-refractivity contribution < 1.29 is 9.90 Å². The van der Waals surface area contributed by atoms with Gasteiger partial charge in [0.15, 0.2) is 0 Å². The number of nitrogens with one attached hydrogen (secondary N) is 1. The minimum atomic E-state index is -0.570. The monoisotopic (exact) mass is 310 g/mol. The maximum atomic E-state index is 12.0. The number of rotatable bonds is 4. The lowest BCUT2D eigenvalue weighted by molar-refractivity contribution is 0.0927. The van der Waals surface area contributed by atoms with E-state index < -0.39 is 6.10 Å². The summed E-state index contributed by atoms with van der Waals surface area (Å²) in [5.41, 5.74) is 1.56. The van der Waals surface area contributed by atoms with Gasteiger partial charge in [0.05, 0.1) is 11.8 Å². The Kier molecular flexibility index (Phi) is 4.75. The van der Waals surface area contributed by atoms with Crippen LogP contribution in [0.2, 0.25) is 5.02 Å². The van der Waals surface area contributed by atoms with Crippen LogP contribution in [0.3, 0.4) is 0 Å². The number of aliphatic hydroxyl groups excluding tert-OH is 1. The number of carbonyl (C=O) groups is 1. The molecule has 0 spiro atoms. The Hall–Kier alpha value is -1.43. The smallest absolute Gasteiger partial charge is 0.263 e. The van der Waals surface area contributed by atoms with E-state index >= 15 is 0 Å². The number of halogens is 1. The minimum Gasteiger partial charge on any atom is -0.392 e. The quantitative estimate of drug-likeness (QED) is 0.912. The average Bonchev–Trinajstić information content (AvgIpc) is 2.78. The molecule has 6 heteroatoms. The van der Waals surface area contributed by atoms with Gasteiger partial charge >= 0.3 is 0 Å². The van der Waals surface area contributed by atoms with E-state index in [1.54, 1.807) is 19.9 Å². The number of carbonyl (C=O) groups excluding carboxylic acids is 1. The van der Waals surface area contributed by atoms with Gasteiger partial charge in [0, 0.05) is 17.1 Å². The number of aliphatic hydroxyl groups is 1. The summed E-state index contributed by atoms with van der Waals surface area (Å²) >= 11 is 7.28. The molecule has 106 valence electrons. The molecular formula is C14H15ClN2O2S. The van der Waals surface area contributed by atoms with E-state index in [-0.39, 0.29) is 12.5 Å². The van der Waals surface area contributed by atoms with Gasteiger partial charge in [-0.2, -0.15) is 0 Å². The number of hydrogen-bond donors (Lipinski definition) is 2. The third kappa shape index (κ3) is 3.56. The van der Waals surface area contributed by atoms with Crippen molar-refractivity contribution in [2.45, 2.75) is 20.0 Å². The molecule has 20 heavy (non-hydrogen) atoms. The number of hydrogen-bond acceptors (Lipinski definition) is 4. The zero-order valence-corrected chi connectivity index (χ0v) is 12.8. The number of benzene rings is 1. The normalized spacial score (nSPS) is 12.2. The van der Waals surface area contributed by atoms with Crippen LogP contribution in [0, 0.1) is 6.92 Å². The number of nitrogens with zero attached hydrogens (tertiary/aromatic N) is 1. The lowest BCUT2D eigenvalue weighted by Gasteiger charge is -2.05. The molecule has 0 radical (unpaired) electrons. The van der Waals surface area contributed by atoms with Gasteiger partial charge in [-0.1, -0.05) is 23.7 Å². The van der Waals surface area contributed by atoms with Crippen molar-refractivity contribution in [2.24, 2.45) is 0 Å². The van der Waals surface area contributed by atoms with E-state index in [4.69, 9.17) is 11.6 Å². The first-order valence-electron chi connectivity index (χ1n) is 6.17. The molecule has 0 saturated heterocycles. The lowest BCUT2D eigenvalue weighted by atomic mass is 10.2. The van der Waals surface area contributed by atoms with Crippen LogP contribution in [-0.4, -0.2) is 28.6 Å². The molecule has 1 unspecified atom stereocenters. The van der Waals surface area contributed by atoms with E-state index in [1.165, 1.54) is 11.3 Å².